The van der Waals surface area contributed by atoms with Gasteiger partial charge in [0.25, 0.3) is 0 Å². The number of carboxylic acid groups (broad SMARTS) is 4. The molecule has 0 heterocycles. The lowest BCUT2D eigenvalue weighted by Gasteiger charge is -2.10. The summed E-state index contributed by atoms with van der Waals surface area (Å²) in [7, 11) is 0. The number of hydrogen-bond donors (Lipinski definition) is 5. The molecule has 10 nitrogen and oxygen atoms in total. The normalized spacial score (nSPS) is 10.1. The lowest BCUT2D eigenvalue weighted by atomic mass is 10.1. The van der Waals surface area contributed by atoms with Crippen LogP contribution in [0.4, 0.5) is 10.1 Å². The van der Waals surface area contributed by atoms with E-state index in [4.69, 9.17) is 25.2 Å². The van der Waals surface area contributed by atoms with Crippen molar-refractivity contribution in [3.63, 3.8) is 0 Å². The van der Waals surface area contributed by atoms with Gasteiger partial charge in [0, 0.05) is 33.3 Å². The molecule has 0 saturated carbocycles. The summed E-state index contributed by atoms with van der Waals surface area (Å²) in [6.45, 7) is 1.42. The van der Waals surface area contributed by atoms with Crippen molar-refractivity contribution < 1.29 is 48.7 Å². The Morgan fingerprint density at radius 3 is 1.91 bits per heavy atom. The number of nitrogens with one attached hydrogen (secondary N) is 1. The first-order valence-electron chi connectivity index (χ1n) is 12.5. The maximum Gasteiger partial charge on any atom is 0.335 e. The second-order valence-electron chi connectivity index (χ2n) is 8.46. The number of halogens is 2. The molecule has 4 aromatic carbocycles. The van der Waals surface area contributed by atoms with Gasteiger partial charge in [0.1, 0.15) is 11.6 Å². The number of aliphatic carboxylic acids is 2. The highest BCUT2D eigenvalue weighted by Gasteiger charge is 2.07. The molecule has 0 amide bonds. The van der Waals surface area contributed by atoms with E-state index in [1.54, 1.807) is 12.1 Å². The van der Waals surface area contributed by atoms with Gasteiger partial charge in [-0.25, -0.2) is 23.6 Å². The Kier molecular flexibility index (Phi) is 14.1. The Morgan fingerprint density at radius 2 is 1.35 bits per heavy atom. The third kappa shape index (κ3) is 13.0. The van der Waals surface area contributed by atoms with E-state index in [0.29, 0.717) is 18.8 Å². The van der Waals surface area contributed by atoms with Gasteiger partial charge in [-0.2, -0.15) is 0 Å². The van der Waals surface area contributed by atoms with E-state index < -0.39 is 23.9 Å². The van der Waals surface area contributed by atoms with Gasteiger partial charge in [-0.1, -0.05) is 18.2 Å². The molecular formula is C31H27FINO9. The molecule has 4 aromatic rings. The number of aromatic carboxylic acids is 2. The quantitative estimate of drug-likeness (QED) is 0.0722. The molecule has 0 radical (unpaired) electrons. The summed E-state index contributed by atoms with van der Waals surface area (Å²) >= 11 is 2.31. The zero-order chi connectivity index (χ0) is 31.8. The Labute approximate surface area is 259 Å². The topological polar surface area (TPSA) is 170 Å². The van der Waals surface area contributed by atoms with Crippen molar-refractivity contribution >= 4 is 62.9 Å². The minimum atomic E-state index is -1.26. The minimum absolute atomic E-state index is 0.0186. The van der Waals surface area contributed by atoms with Crippen molar-refractivity contribution in [3.05, 3.63) is 118 Å². The number of rotatable bonds is 10. The van der Waals surface area contributed by atoms with Gasteiger partial charge in [-0.15, -0.1) is 0 Å². The fraction of sp³-hybridized carbons (Fsp3) is 0.0968. The first kappa shape index (κ1) is 34.2. The molecule has 4 rings (SSSR count). The van der Waals surface area contributed by atoms with E-state index in [0.717, 1.165) is 35.9 Å². The Morgan fingerprint density at radius 1 is 0.767 bits per heavy atom. The molecule has 0 aliphatic heterocycles. The largest absolute Gasteiger partial charge is 0.493 e. The number of benzene rings is 4. The van der Waals surface area contributed by atoms with Crippen LogP contribution in [0.2, 0.25) is 0 Å². The number of hydrogen-bond acceptors (Lipinski definition) is 6. The highest BCUT2D eigenvalue weighted by atomic mass is 127. The van der Waals surface area contributed by atoms with E-state index in [-0.39, 0.29) is 16.9 Å². The number of ether oxygens (including phenoxy) is 1. The Balaban J connectivity index is 0.000000269. The summed E-state index contributed by atoms with van der Waals surface area (Å²) in [5.74, 6) is -4.07. The van der Waals surface area contributed by atoms with Crippen LogP contribution in [0, 0.1) is 9.39 Å². The lowest BCUT2D eigenvalue weighted by Crippen LogP contribution is -2.07. The molecule has 0 atom stereocenters. The zero-order valence-electron chi connectivity index (χ0n) is 22.4. The highest BCUT2D eigenvalue weighted by molar-refractivity contribution is 14.1. The van der Waals surface area contributed by atoms with E-state index in [1.807, 2.05) is 12.1 Å². The first-order valence-corrected chi connectivity index (χ1v) is 13.5. The van der Waals surface area contributed by atoms with Gasteiger partial charge in [0.15, 0.2) is 0 Å². The molecular weight excluding hydrogens is 676 g/mol. The van der Waals surface area contributed by atoms with Gasteiger partial charge < -0.3 is 30.5 Å². The average molecular weight is 703 g/mol. The van der Waals surface area contributed by atoms with Crippen molar-refractivity contribution in [3.8, 4) is 5.75 Å². The molecule has 0 spiro atoms. The van der Waals surface area contributed by atoms with Crippen molar-refractivity contribution in [2.24, 2.45) is 0 Å². The predicted octanol–water partition coefficient (Wildman–Crippen LogP) is 6.26. The number of carbonyl (C=O) groups is 4. The van der Waals surface area contributed by atoms with Crippen LogP contribution in [0.1, 0.15) is 27.1 Å². The molecule has 224 valence electrons. The Hall–Kier alpha value is -4.98. The van der Waals surface area contributed by atoms with Crippen molar-refractivity contribution in [1.29, 1.82) is 0 Å². The summed E-state index contributed by atoms with van der Waals surface area (Å²) in [6, 6.07) is 24.0. The zero-order valence-corrected chi connectivity index (χ0v) is 24.6. The summed E-state index contributed by atoms with van der Waals surface area (Å²) in [6.07, 6.45) is 1.99. The number of carboxylic acids is 4. The Bertz CT molecular complexity index is 1550. The third-order valence-electron chi connectivity index (χ3n) is 5.28. The molecule has 0 bridgehead atoms. The molecule has 12 heteroatoms. The molecule has 0 aliphatic carbocycles. The van der Waals surface area contributed by atoms with Crippen LogP contribution in [0.5, 0.6) is 5.75 Å². The van der Waals surface area contributed by atoms with Gasteiger partial charge in [-0.3, -0.25) is 0 Å². The van der Waals surface area contributed by atoms with Gasteiger partial charge in [0.05, 0.1) is 17.7 Å². The molecule has 0 saturated heterocycles. The second kappa shape index (κ2) is 17.7. The van der Waals surface area contributed by atoms with Crippen molar-refractivity contribution in [2.75, 3.05) is 18.5 Å². The smallest absolute Gasteiger partial charge is 0.335 e. The predicted molar refractivity (Wildman–Crippen MR) is 166 cm³/mol. The third-order valence-corrected chi connectivity index (χ3v) is 5.95. The molecule has 0 fully saturated rings. The van der Waals surface area contributed by atoms with E-state index >= 15 is 0 Å². The maximum atomic E-state index is 12.8. The fourth-order valence-electron chi connectivity index (χ4n) is 3.33. The van der Waals surface area contributed by atoms with Crippen LogP contribution < -0.4 is 10.1 Å². The number of anilines is 1. The first-order chi connectivity index (χ1) is 20.5. The van der Waals surface area contributed by atoms with Gasteiger partial charge >= 0.3 is 23.9 Å². The summed E-state index contributed by atoms with van der Waals surface area (Å²) in [5, 5.41) is 38.2. The van der Waals surface area contributed by atoms with E-state index in [9.17, 15) is 23.6 Å². The molecule has 43 heavy (non-hydrogen) atoms. The molecule has 0 aliphatic rings. The summed E-state index contributed by atoms with van der Waals surface area (Å²) in [4.78, 5) is 39.9. The monoisotopic (exact) mass is 703 g/mol. The summed E-state index contributed by atoms with van der Waals surface area (Å²) < 4.78 is 20.0. The molecule has 0 aromatic heterocycles. The number of fused-ring (bicyclic) bond motifs is 1. The highest BCUT2D eigenvalue weighted by Crippen LogP contribution is 2.27. The fourth-order valence-corrected chi connectivity index (χ4v) is 3.85. The van der Waals surface area contributed by atoms with Crippen molar-refractivity contribution in [1.82, 2.24) is 0 Å². The SMILES string of the molecule is Fc1ccc(NCCCOc2cccc3cc(I)ccc23)cc1.O=C(O)/C=C\C(=O)O.O=C(O)c1cccc(C(=O)O)c1. The van der Waals surface area contributed by atoms with Crippen LogP contribution in [0.25, 0.3) is 10.8 Å². The maximum absolute atomic E-state index is 12.8. The van der Waals surface area contributed by atoms with Crippen LogP contribution >= 0.6 is 22.6 Å². The molecule has 0 unspecified atom stereocenters. The standard InChI is InChI=1S/C19H17FINO.C8H6O4.C4H4O4/c20-15-5-8-17(9-6-15)22-11-2-12-23-19-4-1-3-14-13-16(21)7-10-18(14)19;9-7(10)5-2-1-3-6(4-5)8(11)12;5-3(6)1-2-4(7)8/h1,3-10,13,22H,2,11-12H2;1-4H,(H,9,10)(H,11,12);1-2H,(H,5,6)(H,7,8)/b;;2-1-. The van der Waals surface area contributed by atoms with Gasteiger partial charge in [0.2, 0.25) is 0 Å². The molecule has 5 N–H and O–H groups in total. The summed E-state index contributed by atoms with van der Waals surface area (Å²) in [5.41, 5.74) is 0.885. The van der Waals surface area contributed by atoms with Crippen LogP contribution in [0.3, 0.4) is 0 Å². The van der Waals surface area contributed by atoms with Crippen LogP contribution in [0.15, 0.2) is 97.1 Å². The van der Waals surface area contributed by atoms with Crippen LogP contribution in [-0.4, -0.2) is 57.5 Å². The minimum Gasteiger partial charge on any atom is -0.493 e. The van der Waals surface area contributed by atoms with Gasteiger partial charge in [-0.05, 0) is 101 Å². The van der Waals surface area contributed by atoms with Crippen molar-refractivity contribution in [2.45, 2.75) is 6.42 Å². The average Bonchev–Trinajstić information content (AvgIpc) is 2.97. The van der Waals surface area contributed by atoms with Crippen LogP contribution in [-0.2, 0) is 9.59 Å². The lowest BCUT2D eigenvalue weighted by molar-refractivity contribution is -0.134. The van der Waals surface area contributed by atoms with E-state index in [1.165, 1.54) is 39.3 Å². The van der Waals surface area contributed by atoms with E-state index in [2.05, 4.69) is 52.2 Å². The second-order valence-corrected chi connectivity index (χ2v) is 9.70.